The molecule has 2 N–H and O–H groups in total. The van der Waals surface area contributed by atoms with Crippen molar-refractivity contribution in [1.82, 2.24) is 10.6 Å². The van der Waals surface area contributed by atoms with Crippen LogP contribution in [0.5, 0.6) is 0 Å². The Morgan fingerprint density at radius 1 is 1.46 bits per heavy atom. The molecule has 0 spiro atoms. The largest absolute Gasteiger partial charge is 0.352 e. The van der Waals surface area contributed by atoms with Crippen LogP contribution in [0.2, 0.25) is 0 Å². The zero-order chi connectivity index (χ0) is 9.84. The zero-order valence-corrected chi connectivity index (χ0v) is 8.76. The first-order chi connectivity index (χ1) is 6.11. The van der Waals surface area contributed by atoms with Gasteiger partial charge in [-0.1, -0.05) is 20.8 Å². The average molecular weight is 184 g/mol. The first-order valence-corrected chi connectivity index (χ1v) is 5.12. The molecule has 0 aromatic heterocycles. The number of hydrogen-bond donors (Lipinski definition) is 2. The van der Waals surface area contributed by atoms with Gasteiger partial charge in [0, 0.05) is 18.5 Å². The summed E-state index contributed by atoms with van der Waals surface area (Å²) >= 11 is 0. The normalized spacial score (nSPS) is 24.8. The summed E-state index contributed by atoms with van der Waals surface area (Å²) in [5.74, 6) is 0.749. The van der Waals surface area contributed by atoms with E-state index in [0.29, 0.717) is 12.0 Å². The van der Waals surface area contributed by atoms with Gasteiger partial charge in [-0.05, 0) is 18.9 Å². The summed E-state index contributed by atoms with van der Waals surface area (Å²) in [5, 5.41) is 6.29. The fraction of sp³-hybridized carbons (Fsp3) is 0.900. The van der Waals surface area contributed by atoms with Crippen LogP contribution in [0.4, 0.5) is 0 Å². The highest BCUT2D eigenvalue weighted by atomic mass is 16.1. The van der Waals surface area contributed by atoms with E-state index in [1.165, 1.54) is 0 Å². The average Bonchev–Trinajstić information content (AvgIpc) is 2.55. The van der Waals surface area contributed by atoms with Crippen LogP contribution in [-0.4, -0.2) is 25.0 Å². The van der Waals surface area contributed by atoms with Crippen LogP contribution >= 0.6 is 0 Å². The lowest BCUT2D eigenvalue weighted by atomic mass is 9.97. The molecule has 1 unspecified atom stereocenters. The van der Waals surface area contributed by atoms with Gasteiger partial charge in [0.2, 0.25) is 5.91 Å². The highest BCUT2D eigenvalue weighted by molar-refractivity contribution is 5.78. The lowest BCUT2D eigenvalue weighted by Crippen LogP contribution is -2.40. The van der Waals surface area contributed by atoms with Crippen molar-refractivity contribution in [1.29, 1.82) is 0 Å². The molecular weight excluding hydrogens is 164 g/mol. The number of amides is 1. The standard InChI is InChI=1S/C10H20N2O/c1-7(2)8(3)10(13)12-9-4-5-11-6-9/h7-9,11H,4-6H2,1-3H3,(H,12,13)/t8?,9-/m1/s1. The first-order valence-electron chi connectivity index (χ1n) is 5.12. The van der Waals surface area contributed by atoms with E-state index < -0.39 is 0 Å². The molecule has 0 saturated carbocycles. The Bertz CT molecular complexity index is 174. The monoisotopic (exact) mass is 184 g/mol. The van der Waals surface area contributed by atoms with Gasteiger partial charge in [0.25, 0.3) is 0 Å². The molecule has 1 saturated heterocycles. The van der Waals surface area contributed by atoms with Crippen molar-refractivity contribution in [2.75, 3.05) is 13.1 Å². The second kappa shape index (κ2) is 4.61. The van der Waals surface area contributed by atoms with E-state index in [1.54, 1.807) is 0 Å². The summed E-state index contributed by atoms with van der Waals surface area (Å²) in [6.45, 7) is 8.11. The Morgan fingerprint density at radius 2 is 2.15 bits per heavy atom. The molecule has 0 aliphatic carbocycles. The lowest BCUT2D eigenvalue weighted by molar-refractivity contribution is -0.126. The Labute approximate surface area is 80.3 Å². The van der Waals surface area contributed by atoms with Gasteiger partial charge in [-0.3, -0.25) is 4.79 Å². The van der Waals surface area contributed by atoms with Crippen LogP contribution < -0.4 is 10.6 Å². The minimum atomic E-state index is 0.126. The highest BCUT2D eigenvalue weighted by Crippen LogP contribution is 2.10. The molecule has 3 nitrogen and oxygen atoms in total. The predicted octanol–water partition coefficient (Wildman–Crippen LogP) is 0.757. The van der Waals surface area contributed by atoms with Crippen molar-refractivity contribution in [2.24, 2.45) is 11.8 Å². The van der Waals surface area contributed by atoms with Crippen LogP contribution in [0.3, 0.4) is 0 Å². The van der Waals surface area contributed by atoms with E-state index in [9.17, 15) is 4.79 Å². The summed E-state index contributed by atoms with van der Waals surface area (Å²) in [7, 11) is 0. The summed E-state index contributed by atoms with van der Waals surface area (Å²) in [5.41, 5.74) is 0. The topological polar surface area (TPSA) is 41.1 Å². The van der Waals surface area contributed by atoms with Crippen molar-refractivity contribution in [3.05, 3.63) is 0 Å². The number of carbonyl (C=O) groups excluding carboxylic acids is 1. The van der Waals surface area contributed by atoms with Crippen LogP contribution in [0.15, 0.2) is 0 Å². The maximum absolute atomic E-state index is 11.6. The number of rotatable bonds is 3. The Hall–Kier alpha value is -0.570. The van der Waals surface area contributed by atoms with Gasteiger partial charge >= 0.3 is 0 Å². The van der Waals surface area contributed by atoms with Crippen LogP contribution in [0.1, 0.15) is 27.2 Å². The van der Waals surface area contributed by atoms with Crippen LogP contribution in [0, 0.1) is 11.8 Å². The molecule has 2 atom stereocenters. The molecule has 1 fully saturated rings. The molecule has 1 aliphatic heterocycles. The summed E-state index contributed by atoms with van der Waals surface area (Å²) in [6, 6.07) is 0.355. The Morgan fingerprint density at radius 3 is 2.62 bits per heavy atom. The lowest BCUT2D eigenvalue weighted by Gasteiger charge is -2.18. The quantitative estimate of drug-likeness (QED) is 0.680. The van der Waals surface area contributed by atoms with Gasteiger partial charge in [0.05, 0.1) is 0 Å². The van der Waals surface area contributed by atoms with Crippen LogP contribution in [0.25, 0.3) is 0 Å². The number of nitrogens with one attached hydrogen (secondary N) is 2. The predicted molar refractivity (Wildman–Crippen MR) is 53.4 cm³/mol. The van der Waals surface area contributed by atoms with Gasteiger partial charge in [0.1, 0.15) is 0 Å². The van der Waals surface area contributed by atoms with E-state index in [2.05, 4.69) is 24.5 Å². The maximum Gasteiger partial charge on any atom is 0.223 e. The molecular formula is C10H20N2O. The fourth-order valence-corrected chi connectivity index (χ4v) is 1.41. The van der Waals surface area contributed by atoms with Gasteiger partial charge in [0.15, 0.2) is 0 Å². The third-order valence-corrected chi connectivity index (χ3v) is 2.82. The van der Waals surface area contributed by atoms with Crippen molar-refractivity contribution in [3.63, 3.8) is 0 Å². The maximum atomic E-state index is 11.6. The molecule has 1 rings (SSSR count). The van der Waals surface area contributed by atoms with Gasteiger partial charge in [-0.25, -0.2) is 0 Å². The van der Waals surface area contributed by atoms with E-state index in [0.717, 1.165) is 19.5 Å². The molecule has 13 heavy (non-hydrogen) atoms. The highest BCUT2D eigenvalue weighted by Gasteiger charge is 2.21. The molecule has 0 bridgehead atoms. The van der Waals surface area contributed by atoms with Crippen molar-refractivity contribution in [2.45, 2.75) is 33.2 Å². The third-order valence-electron chi connectivity index (χ3n) is 2.82. The third kappa shape index (κ3) is 2.99. The van der Waals surface area contributed by atoms with E-state index in [-0.39, 0.29) is 11.8 Å². The minimum absolute atomic E-state index is 0.126. The Balaban J connectivity index is 2.31. The molecule has 1 heterocycles. The van der Waals surface area contributed by atoms with Crippen molar-refractivity contribution in [3.8, 4) is 0 Å². The molecule has 1 aliphatic rings. The first kappa shape index (κ1) is 10.5. The second-order valence-corrected chi connectivity index (χ2v) is 4.23. The summed E-state index contributed by atoms with van der Waals surface area (Å²) in [4.78, 5) is 11.6. The van der Waals surface area contributed by atoms with Gasteiger partial charge < -0.3 is 10.6 Å². The Kier molecular flexibility index (Phi) is 3.72. The smallest absolute Gasteiger partial charge is 0.223 e. The fourth-order valence-electron chi connectivity index (χ4n) is 1.41. The molecule has 0 radical (unpaired) electrons. The van der Waals surface area contributed by atoms with Crippen molar-refractivity contribution >= 4 is 5.91 Å². The molecule has 3 heteroatoms. The van der Waals surface area contributed by atoms with Crippen molar-refractivity contribution < 1.29 is 4.79 Å². The number of hydrogen-bond acceptors (Lipinski definition) is 2. The molecule has 0 aromatic rings. The summed E-state index contributed by atoms with van der Waals surface area (Å²) in [6.07, 6.45) is 1.07. The van der Waals surface area contributed by atoms with Gasteiger partial charge in [-0.2, -0.15) is 0 Å². The van der Waals surface area contributed by atoms with E-state index in [4.69, 9.17) is 0 Å². The SMILES string of the molecule is CC(C)C(C)C(=O)N[C@@H]1CCNC1. The molecule has 76 valence electrons. The van der Waals surface area contributed by atoms with Crippen LogP contribution in [-0.2, 0) is 4.79 Å². The van der Waals surface area contributed by atoms with E-state index >= 15 is 0 Å². The second-order valence-electron chi connectivity index (χ2n) is 4.23. The number of carbonyl (C=O) groups is 1. The van der Waals surface area contributed by atoms with Gasteiger partial charge in [-0.15, -0.1) is 0 Å². The van der Waals surface area contributed by atoms with E-state index in [1.807, 2.05) is 6.92 Å². The summed E-state index contributed by atoms with van der Waals surface area (Å²) < 4.78 is 0. The minimum Gasteiger partial charge on any atom is -0.352 e. The molecule has 1 amide bonds. The zero-order valence-electron chi connectivity index (χ0n) is 8.76. The molecule has 0 aromatic carbocycles.